The number of likely N-dealkylation sites (tertiary alicyclic amines) is 1. The van der Waals surface area contributed by atoms with E-state index in [0.717, 1.165) is 18.4 Å². The number of rotatable bonds is 2. The van der Waals surface area contributed by atoms with E-state index in [0.29, 0.717) is 25.3 Å². The van der Waals surface area contributed by atoms with Crippen LogP contribution in [0.2, 0.25) is 0 Å². The zero-order valence-corrected chi connectivity index (χ0v) is 12.0. The zero-order valence-electron chi connectivity index (χ0n) is 12.0. The second-order valence-corrected chi connectivity index (χ2v) is 5.79. The minimum absolute atomic E-state index is 0.0370. The van der Waals surface area contributed by atoms with Crippen molar-refractivity contribution >= 4 is 5.91 Å². The molecule has 3 heterocycles. The van der Waals surface area contributed by atoms with Crippen LogP contribution in [0, 0.1) is 6.92 Å². The fraction of sp³-hybridized carbons (Fsp3) is 0.600. The van der Waals surface area contributed by atoms with Gasteiger partial charge in [-0.2, -0.15) is 0 Å². The van der Waals surface area contributed by atoms with Crippen molar-refractivity contribution in [2.24, 2.45) is 0 Å². The van der Waals surface area contributed by atoms with Crippen molar-refractivity contribution in [3.8, 4) is 0 Å². The predicted molar refractivity (Wildman–Crippen MR) is 73.6 cm³/mol. The van der Waals surface area contributed by atoms with Crippen molar-refractivity contribution in [3.05, 3.63) is 29.6 Å². The first-order valence-electron chi connectivity index (χ1n) is 7.00. The molecule has 1 aromatic rings. The molecule has 108 valence electrons. The highest BCUT2D eigenvalue weighted by Gasteiger charge is 2.49. The summed E-state index contributed by atoms with van der Waals surface area (Å²) in [6.45, 7) is 3.96. The smallest absolute Gasteiger partial charge is 0.255 e. The van der Waals surface area contributed by atoms with Crippen molar-refractivity contribution in [1.82, 2.24) is 9.88 Å². The molecule has 1 amide bonds. The SMILES string of the molecule is COC1CCOC2(C1)CN(C(=O)c1cncc(C)c1)C2. The van der Waals surface area contributed by atoms with Gasteiger partial charge in [0, 0.05) is 32.5 Å². The molecule has 20 heavy (non-hydrogen) atoms. The van der Waals surface area contributed by atoms with Gasteiger partial charge < -0.3 is 14.4 Å². The summed E-state index contributed by atoms with van der Waals surface area (Å²) < 4.78 is 11.3. The maximum absolute atomic E-state index is 12.4. The van der Waals surface area contributed by atoms with Gasteiger partial charge in [-0.25, -0.2) is 0 Å². The molecule has 0 aliphatic carbocycles. The minimum atomic E-state index is -0.189. The van der Waals surface area contributed by atoms with Gasteiger partial charge in [0.2, 0.25) is 0 Å². The first kappa shape index (κ1) is 13.5. The van der Waals surface area contributed by atoms with Gasteiger partial charge in [0.15, 0.2) is 0 Å². The standard InChI is InChI=1S/C15H20N2O3/c1-11-5-12(8-16-7-11)14(18)17-9-15(10-17)6-13(19-2)3-4-20-15/h5,7-8,13H,3-4,6,9-10H2,1-2H3. The van der Waals surface area contributed by atoms with E-state index in [9.17, 15) is 4.79 Å². The van der Waals surface area contributed by atoms with Crippen LogP contribution in [0.1, 0.15) is 28.8 Å². The molecule has 2 fully saturated rings. The molecule has 5 heteroatoms. The Balaban J connectivity index is 1.64. The van der Waals surface area contributed by atoms with Crippen LogP contribution in [0.25, 0.3) is 0 Å². The van der Waals surface area contributed by atoms with Crippen molar-refractivity contribution < 1.29 is 14.3 Å². The number of aromatic nitrogens is 1. The number of nitrogens with zero attached hydrogens (tertiary/aromatic N) is 2. The highest BCUT2D eigenvalue weighted by Crippen LogP contribution is 2.35. The summed E-state index contributed by atoms with van der Waals surface area (Å²) in [6.07, 6.45) is 5.44. The first-order valence-corrected chi connectivity index (χ1v) is 7.00. The number of carbonyl (C=O) groups is 1. The van der Waals surface area contributed by atoms with E-state index in [1.807, 2.05) is 17.9 Å². The Morgan fingerprint density at radius 2 is 2.30 bits per heavy atom. The quantitative estimate of drug-likeness (QED) is 0.819. The van der Waals surface area contributed by atoms with Gasteiger partial charge in [-0.05, 0) is 25.0 Å². The lowest BCUT2D eigenvalue weighted by atomic mass is 9.84. The number of aryl methyl sites for hydroxylation is 1. The van der Waals surface area contributed by atoms with Crippen LogP contribution in [-0.2, 0) is 9.47 Å². The highest BCUT2D eigenvalue weighted by atomic mass is 16.5. The van der Waals surface area contributed by atoms with Crippen LogP contribution in [-0.4, -0.2) is 54.3 Å². The molecule has 5 nitrogen and oxygen atoms in total. The average Bonchev–Trinajstić information content (AvgIpc) is 2.44. The second kappa shape index (κ2) is 5.14. The van der Waals surface area contributed by atoms with Gasteiger partial charge in [0.1, 0.15) is 5.60 Å². The second-order valence-electron chi connectivity index (χ2n) is 5.79. The molecule has 0 radical (unpaired) electrons. The molecule has 0 N–H and O–H groups in total. The fourth-order valence-electron chi connectivity index (χ4n) is 3.05. The van der Waals surface area contributed by atoms with Gasteiger partial charge in [-0.1, -0.05) is 0 Å². The fourth-order valence-corrected chi connectivity index (χ4v) is 3.05. The van der Waals surface area contributed by atoms with E-state index in [4.69, 9.17) is 9.47 Å². The minimum Gasteiger partial charge on any atom is -0.381 e. The van der Waals surface area contributed by atoms with E-state index >= 15 is 0 Å². The zero-order chi connectivity index (χ0) is 14.2. The lowest BCUT2D eigenvalue weighted by Crippen LogP contribution is -2.67. The summed E-state index contributed by atoms with van der Waals surface area (Å²) in [5.74, 6) is 0.0370. The molecular weight excluding hydrogens is 256 g/mol. The van der Waals surface area contributed by atoms with E-state index in [1.54, 1.807) is 19.5 Å². The average molecular weight is 276 g/mol. The van der Waals surface area contributed by atoms with Crippen molar-refractivity contribution in [2.45, 2.75) is 31.5 Å². The normalized spacial score (nSPS) is 24.5. The van der Waals surface area contributed by atoms with Crippen LogP contribution in [0.5, 0.6) is 0 Å². The van der Waals surface area contributed by atoms with Gasteiger partial charge in [0.05, 0.1) is 24.8 Å². The Bertz CT molecular complexity index is 512. The molecular formula is C15H20N2O3. The number of amides is 1. The van der Waals surface area contributed by atoms with Crippen molar-refractivity contribution in [2.75, 3.05) is 26.8 Å². The van der Waals surface area contributed by atoms with Gasteiger partial charge in [0.25, 0.3) is 5.91 Å². The maximum Gasteiger partial charge on any atom is 0.255 e. The van der Waals surface area contributed by atoms with Crippen LogP contribution < -0.4 is 0 Å². The summed E-state index contributed by atoms with van der Waals surface area (Å²) in [5, 5.41) is 0. The van der Waals surface area contributed by atoms with Crippen molar-refractivity contribution in [1.29, 1.82) is 0 Å². The number of hydrogen-bond donors (Lipinski definition) is 0. The Hall–Kier alpha value is -1.46. The van der Waals surface area contributed by atoms with E-state index in [2.05, 4.69) is 4.98 Å². The van der Waals surface area contributed by atoms with Crippen LogP contribution in [0.4, 0.5) is 0 Å². The molecule has 2 aliphatic rings. The maximum atomic E-state index is 12.4. The molecule has 2 aliphatic heterocycles. The summed E-state index contributed by atoms with van der Waals surface area (Å²) in [4.78, 5) is 18.3. The number of hydrogen-bond acceptors (Lipinski definition) is 4. The molecule has 0 aromatic carbocycles. The van der Waals surface area contributed by atoms with E-state index in [-0.39, 0.29) is 17.6 Å². The van der Waals surface area contributed by atoms with Gasteiger partial charge >= 0.3 is 0 Å². The Morgan fingerprint density at radius 1 is 1.50 bits per heavy atom. The molecule has 2 saturated heterocycles. The first-order chi connectivity index (χ1) is 9.62. The van der Waals surface area contributed by atoms with E-state index in [1.165, 1.54) is 0 Å². The Labute approximate surface area is 118 Å². The summed E-state index contributed by atoms with van der Waals surface area (Å²) in [5.41, 5.74) is 1.46. The number of methoxy groups -OCH3 is 1. The molecule has 1 spiro atoms. The lowest BCUT2D eigenvalue weighted by molar-refractivity contribution is -0.181. The predicted octanol–water partition coefficient (Wildman–Crippen LogP) is 1.41. The molecule has 1 unspecified atom stereocenters. The summed E-state index contributed by atoms with van der Waals surface area (Å²) in [6, 6.07) is 1.88. The number of ether oxygens (including phenoxy) is 2. The number of carbonyl (C=O) groups excluding carboxylic acids is 1. The molecule has 1 atom stereocenters. The topological polar surface area (TPSA) is 51.7 Å². The van der Waals surface area contributed by atoms with E-state index < -0.39 is 0 Å². The Kier molecular flexibility index (Phi) is 3.48. The molecule has 0 saturated carbocycles. The monoisotopic (exact) mass is 276 g/mol. The van der Waals surface area contributed by atoms with Gasteiger partial charge in [-0.15, -0.1) is 0 Å². The largest absolute Gasteiger partial charge is 0.381 e. The number of pyridine rings is 1. The third kappa shape index (κ3) is 2.43. The van der Waals surface area contributed by atoms with Crippen LogP contribution in [0.3, 0.4) is 0 Å². The van der Waals surface area contributed by atoms with Gasteiger partial charge in [-0.3, -0.25) is 9.78 Å². The third-order valence-electron chi connectivity index (χ3n) is 4.15. The molecule has 1 aromatic heterocycles. The molecule has 0 bridgehead atoms. The van der Waals surface area contributed by atoms with Crippen molar-refractivity contribution in [3.63, 3.8) is 0 Å². The lowest BCUT2D eigenvalue weighted by Gasteiger charge is -2.52. The third-order valence-corrected chi connectivity index (χ3v) is 4.15. The van der Waals surface area contributed by atoms with Crippen LogP contribution in [0.15, 0.2) is 18.5 Å². The summed E-state index contributed by atoms with van der Waals surface area (Å²) >= 11 is 0. The summed E-state index contributed by atoms with van der Waals surface area (Å²) in [7, 11) is 1.74. The highest BCUT2D eigenvalue weighted by molar-refractivity contribution is 5.94. The van der Waals surface area contributed by atoms with Crippen LogP contribution >= 0.6 is 0 Å². The Morgan fingerprint density at radius 3 is 3.00 bits per heavy atom. The molecule has 3 rings (SSSR count).